The van der Waals surface area contributed by atoms with Gasteiger partial charge >= 0.3 is 0 Å². The van der Waals surface area contributed by atoms with Gasteiger partial charge in [-0.05, 0) is 29.4 Å². The number of rotatable bonds is 5. The highest BCUT2D eigenvalue weighted by atomic mass is 16.3. The van der Waals surface area contributed by atoms with Crippen molar-refractivity contribution in [2.45, 2.75) is 45.6 Å². The fourth-order valence-electron chi connectivity index (χ4n) is 2.80. The van der Waals surface area contributed by atoms with Crippen LogP contribution in [0.3, 0.4) is 0 Å². The zero-order chi connectivity index (χ0) is 13.2. The van der Waals surface area contributed by atoms with Crippen LogP contribution in [0.4, 0.5) is 0 Å². The Labute approximate surface area is 110 Å². The molecule has 2 atom stereocenters. The first-order valence-corrected chi connectivity index (χ1v) is 6.94. The Hall–Kier alpha value is -0.860. The molecule has 0 fully saturated rings. The van der Waals surface area contributed by atoms with Crippen molar-refractivity contribution in [3.8, 4) is 0 Å². The second-order valence-electron chi connectivity index (χ2n) is 6.44. The third-order valence-corrected chi connectivity index (χ3v) is 4.04. The third-order valence-electron chi connectivity index (χ3n) is 4.04. The molecule has 0 heterocycles. The summed E-state index contributed by atoms with van der Waals surface area (Å²) in [4.78, 5) is 0. The number of hydrogen-bond acceptors (Lipinski definition) is 2. The van der Waals surface area contributed by atoms with Gasteiger partial charge in [0.1, 0.15) is 0 Å². The van der Waals surface area contributed by atoms with Crippen LogP contribution in [-0.4, -0.2) is 24.3 Å². The molecule has 0 bridgehead atoms. The maximum atomic E-state index is 9.15. The standard InChI is InChI=1S/C16H25NO/c1-16(2,3)15(8-9-18)17-11-13-10-12-6-4-5-7-14(12)13/h4-7,13,15,17-18H,8-11H2,1-3H3. The van der Waals surface area contributed by atoms with E-state index in [1.54, 1.807) is 0 Å². The van der Waals surface area contributed by atoms with Crippen molar-refractivity contribution >= 4 is 0 Å². The summed E-state index contributed by atoms with van der Waals surface area (Å²) >= 11 is 0. The summed E-state index contributed by atoms with van der Waals surface area (Å²) in [5.74, 6) is 0.657. The summed E-state index contributed by atoms with van der Waals surface area (Å²) in [7, 11) is 0. The molecule has 2 nitrogen and oxygen atoms in total. The highest BCUT2D eigenvalue weighted by molar-refractivity contribution is 5.40. The number of aliphatic hydroxyl groups is 1. The molecule has 0 aliphatic heterocycles. The van der Waals surface area contributed by atoms with Crippen LogP contribution in [0.25, 0.3) is 0 Å². The Morgan fingerprint density at radius 1 is 1.33 bits per heavy atom. The van der Waals surface area contributed by atoms with Crippen molar-refractivity contribution in [2.75, 3.05) is 13.2 Å². The monoisotopic (exact) mass is 247 g/mol. The molecule has 1 aromatic carbocycles. The molecule has 2 unspecified atom stereocenters. The number of nitrogens with one attached hydrogen (secondary N) is 1. The molecule has 2 rings (SSSR count). The van der Waals surface area contributed by atoms with Crippen LogP contribution in [0.1, 0.15) is 44.2 Å². The minimum absolute atomic E-state index is 0.200. The Balaban J connectivity index is 1.89. The minimum Gasteiger partial charge on any atom is -0.396 e. The van der Waals surface area contributed by atoms with Gasteiger partial charge in [-0.1, -0.05) is 45.0 Å². The summed E-state index contributed by atoms with van der Waals surface area (Å²) in [5, 5.41) is 12.8. The molecule has 1 aliphatic rings. The Morgan fingerprint density at radius 3 is 2.67 bits per heavy atom. The fourth-order valence-corrected chi connectivity index (χ4v) is 2.80. The van der Waals surface area contributed by atoms with Gasteiger partial charge in [-0.15, -0.1) is 0 Å². The van der Waals surface area contributed by atoms with Gasteiger partial charge in [0, 0.05) is 25.1 Å². The number of aliphatic hydroxyl groups excluding tert-OH is 1. The summed E-state index contributed by atoms with van der Waals surface area (Å²) in [5.41, 5.74) is 3.20. The lowest BCUT2D eigenvalue weighted by atomic mass is 9.77. The smallest absolute Gasteiger partial charge is 0.0446 e. The fraction of sp³-hybridized carbons (Fsp3) is 0.625. The van der Waals surface area contributed by atoms with Crippen LogP contribution < -0.4 is 5.32 Å². The first kappa shape index (κ1) is 13.6. The van der Waals surface area contributed by atoms with Crippen LogP contribution >= 0.6 is 0 Å². The molecule has 0 saturated carbocycles. The van der Waals surface area contributed by atoms with Crippen LogP contribution in [0.5, 0.6) is 0 Å². The lowest BCUT2D eigenvalue weighted by Gasteiger charge is -2.36. The number of benzene rings is 1. The van der Waals surface area contributed by atoms with Gasteiger partial charge in [0.2, 0.25) is 0 Å². The van der Waals surface area contributed by atoms with Crippen molar-refractivity contribution in [3.05, 3.63) is 35.4 Å². The van der Waals surface area contributed by atoms with E-state index in [-0.39, 0.29) is 12.0 Å². The molecule has 0 radical (unpaired) electrons. The van der Waals surface area contributed by atoms with Gasteiger partial charge in [0.25, 0.3) is 0 Å². The zero-order valence-corrected chi connectivity index (χ0v) is 11.7. The molecule has 0 aromatic heterocycles. The molecular weight excluding hydrogens is 222 g/mol. The topological polar surface area (TPSA) is 32.3 Å². The molecule has 0 saturated heterocycles. The molecule has 1 aromatic rings. The molecular formula is C16H25NO. The lowest BCUT2D eigenvalue weighted by Crippen LogP contribution is -2.44. The molecule has 1 aliphatic carbocycles. The molecule has 2 heteroatoms. The molecule has 2 N–H and O–H groups in total. The van der Waals surface area contributed by atoms with E-state index in [0.29, 0.717) is 12.0 Å². The van der Waals surface area contributed by atoms with Crippen molar-refractivity contribution in [2.24, 2.45) is 5.41 Å². The van der Waals surface area contributed by atoms with Gasteiger partial charge in [-0.25, -0.2) is 0 Å². The summed E-state index contributed by atoms with van der Waals surface area (Å²) < 4.78 is 0. The maximum Gasteiger partial charge on any atom is 0.0446 e. The van der Waals surface area contributed by atoms with E-state index >= 15 is 0 Å². The predicted molar refractivity (Wildman–Crippen MR) is 75.8 cm³/mol. The maximum absolute atomic E-state index is 9.15. The van der Waals surface area contributed by atoms with Crippen molar-refractivity contribution in [3.63, 3.8) is 0 Å². The van der Waals surface area contributed by atoms with Gasteiger partial charge in [-0.3, -0.25) is 0 Å². The second kappa shape index (κ2) is 5.41. The lowest BCUT2D eigenvalue weighted by molar-refractivity contribution is 0.194. The van der Waals surface area contributed by atoms with Crippen molar-refractivity contribution in [1.82, 2.24) is 5.32 Å². The van der Waals surface area contributed by atoms with E-state index in [4.69, 9.17) is 5.11 Å². The Morgan fingerprint density at radius 2 is 2.06 bits per heavy atom. The van der Waals surface area contributed by atoms with Gasteiger partial charge in [0.15, 0.2) is 0 Å². The van der Waals surface area contributed by atoms with Crippen molar-refractivity contribution < 1.29 is 5.11 Å². The summed E-state index contributed by atoms with van der Waals surface area (Å²) in [6.45, 7) is 7.98. The molecule has 100 valence electrons. The van der Waals surface area contributed by atoms with E-state index in [2.05, 4.69) is 50.4 Å². The van der Waals surface area contributed by atoms with Gasteiger partial charge in [0.05, 0.1) is 0 Å². The van der Waals surface area contributed by atoms with Crippen molar-refractivity contribution in [1.29, 1.82) is 0 Å². The first-order valence-electron chi connectivity index (χ1n) is 6.94. The van der Waals surface area contributed by atoms with Gasteiger partial charge < -0.3 is 10.4 Å². The van der Waals surface area contributed by atoms with Crippen LogP contribution in [0.2, 0.25) is 0 Å². The van der Waals surface area contributed by atoms with E-state index in [1.165, 1.54) is 17.5 Å². The Kier molecular flexibility index (Phi) is 4.08. The highest BCUT2D eigenvalue weighted by Gasteiger charge is 2.28. The minimum atomic E-state index is 0.200. The van der Waals surface area contributed by atoms with Gasteiger partial charge in [-0.2, -0.15) is 0 Å². The largest absolute Gasteiger partial charge is 0.396 e. The van der Waals surface area contributed by atoms with E-state index in [1.807, 2.05) is 0 Å². The average Bonchev–Trinajstić information content (AvgIpc) is 2.27. The average molecular weight is 247 g/mol. The molecule has 0 spiro atoms. The molecule has 18 heavy (non-hydrogen) atoms. The number of fused-ring (bicyclic) bond motifs is 1. The summed E-state index contributed by atoms with van der Waals surface area (Å²) in [6.07, 6.45) is 2.02. The van der Waals surface area contributed by atoms with Crippen LogP contribution in [0, 0.1) is 5.41 Å². The van der Waals surface area contributed by atoms with E-state index in [0.717, 1.165) is 13.0 Å². The Bertz CT molecular complexity index is 394. The predicted octanol–water partition coefficient (Wildman–Crippen LogP) is 2.71. The number of hydrogen-bond donors (Lipinski definition) is 2. The quantitative estimate of drug-likeness (QED) is 0.838. The second-order valence-corrected chi connectivity index (χ2v) is 6.44. The highest BCUT2D eigenvalue weighted by Crippen LogP contribution is 2.34. The van der Waals surface area contributed by atoms with Crippen LogP contribution in [-0.2, 0) is 6.42 Å². The van der Waals surface area contributed by atoms with E-state index < -0.39 is 0 Å². The third kappa shape index (κ3) is 2.93. The zero-order valence-electron chi connectivity index (χ0n) is 11.7. The first-order chi connectivity index (χ1) is 8.52. The SMILES string of the molecule is CC(C)(C)C(CCO)NCC1Cc2ccccc21. The van der Waals surface area contributed by atoms with E-state index in [9.17, 15) is 0 Å². The summed E-state index contributed by atoms with van der Waals surface area (Å²) in [6, 6.07) is 9.09. The van der Waals surface area contributed by atoms with Crippen LogP contribution in [0.15, 0.2) is 24.3 Å². The molecule has 0 amide bonds. The normalized spacial score (nSPS) is 20.1.